The Morgan fingerprint density at radius 2 is 0.474 bits per heavy atom. The molecule has 0 bridgehead atoms. The first-order chi connectivity index (χ1) is 67.9. The number of aromatic nitrogens is 3. The number of anilines is 9. The second-order valence-corrected chi connectivity index (χ2v) is 40.4. The molecule has 0 unspecified atom stereocenters. The van der Waals surface area contributed by atoms with Gasteiger partial charge in [-0.25, -0.2) is 0 Å². The number of hydrogen-bond donors (Lipinski definition) is 0. The van der Waals surface area contributed by atoms with Crippen molar-refractivity contribution in [2.45, 2.75) is 0 Å². The summed E-state index contributed by atoms with van der Waals surface area (Å²) in [6, 6.07) is 187. The zero-order valence-electron chi connectivity index (χ0n) is 74.5. The molecule has 0 aliphatic carbocycles. The fraction of sp³-hybridized carbons (Fsp3) is 0. The number of benzene rings is 22. The van der Waals surface area contributed by atoms with E-state index in [1.165, 1.54) is 175 Å². The van der Waals surface area contributed by atoms with Gasteiger partial charge in [-0.2, -0.15) is 0 Å². The Labute approximate surface area is 813 Å². The molecular formula is C128H86N6Se3. The van der Waals surface area contributed by atoms with Crippen molar-refractivity contribution in [1.29, 1.82) is 0 Å². The molecule has 22 aromatic carbocycles. The van der Waals surface area contributed by atoms with E-state index in [2.05, 4.69) is 560 Å². The number of nitrogens with zero attached hydrogens (tertiary/aromatic N) is 6. The Balaban J connectivity index is 0.000000110. The van der Waals surface area contributed by atoms with Crippen molar-refractivity contribution in [3.8, 4) is 50.4 Å². The average Bonchev–Trinajstić information content (AvgIpc) is 1.64. The van der Waals surface area contributed by atoms with E-state index in [4.69, 9.17) is 0 Å². The summed E-state index contributed by atoms with van der Waals surface area (Å²) in [4.78, 5) is 7.25. The van der Waals surface area contributed by atoms with Gasteiger partial charge in [0.05, 0.1) is 0 Å². The Hall–Kier alpha value is -16.3. The van der Waals surface area contributed by atoms with Crippen molar-refractivity contribution in [1.82, 2.24) is 13.7 Å². The zero-order valence-corrected chi connectivity index (χ0v) is 79.8. The topological polar surface area (TPSA) is 24.5 Å². The van der Waals surface area contributed by atoms with Crippen LogP contribution in [0.3, 0.4) is 0 Å². The fourth-order valence-electron chi connectivity index (χ4n) is 20.4. The summed E-state index contributed by atoms with van der Waals surface area (Å²) in [6.07, 6.45) is 0. The van der Waals surface area contributed by atoms with E-state index in [9.17, 15) is 0 Å². The number of rotatable bonds is 15. The van der Waals surface area contributed by atoms with Gasteiger partial charge in [-0.05, 0) is 11.1 Å². The van der Waals surface area contributed by atoms with E-state index in [1.54, 1.807) is 0 Å². The Bertz CT molecular complexity index is 9240. The van der Waals surface area contributed by atoms with E-state index in [0.717, 1.165) is 56.9 Å². The molecule has 646 valence electrons. The van der Waals surface area contributed by atoms with E-state index in [0.29, 0.717) is 29.0 Å². The van der Waals surface area contributed by atoms with Crippen molar-refractivity contribution in [3.05, 3.63) is 516 Å². The predicted octanol–water partition coefficient (Wildman–Crippen LogP) is 33.3. The minimum absolute atomic E-state index is 0.322. The normalized spacial score (nSPS) is 11.5. The zero-order chi connectivity index (χ0) is 90.8. The van der Waals surface area contributed by atoms with Crippen LogP contribution >= 0.6 is 0 Å². The molecule has 0 amide bonds. The van der Waals surface area contributed by atoms with Crippen LogP contribution in [0.15, 0.2) is 516 Å². The van der Waals surface area contributed by atoms with Crippen LogP contribution < -0.4 is 19.2 Å². The average molecular weight is 1950 g/mol. The van der Waals surface area contributed by atoms with Crippen molar-refractivity contribution >= 4 is 226 Å². The third kappa shape index (κ3) is 15.3. The molecule has 5 aromatic heterocycles. The standard InChI is InChI=1S/C48H32N2Se.C40H26N2Se.C40H28N2Se/c1-3-11-33(12-4-1)34-19-21-35(22-20-34)36-23-25-38(26-24-36)49(39-28-30-48-44(31-39)43-16-8-10-18-47(43)51-48)40-27-29-42-41-15-7-9-17-45(41)50(46(42)32-40)37-13-5-2-6-14-37;1-2-12-29(13-3-1)42-37-16-8-6-14-33(37)34-22-20-32(26-38(34)42)41(30-19-18-27-10-4-5-11-28(27)24-30)31-21-23-40-36(25-31)35-15-7-9-17-39(35)43-40;43-40-25-23-31(26-36(40)29-12-3-1-4-13-29)41(37-21-11-15-28-14-7-8-18-33(28)37)32-22-24-35-34-19-9-10-20-38(34)42(39(35)27-32)30-16-5-2-6-17-30/h1-32H;1-26H;1-27,43H. The van der Waals surface area contributed by atoms with Crippen LogP contribution in [0, 0.1) is 0 Å². The molecule has 6 nitrogen and oxygen atoms in total. The molecule has 5 heterocycles. The van der Waals surface area contributed by atoms with Gasteiger partial charge in [-0.1, -0.05) is 48.5 Å². The van der Waals surface area contributed by atoms with Crippen molar-refractivity contribution in [2.24, 2.45) is 0 Å². The third-order valence-electron chi connectivity index (χ3n) is 26.8. The monoisotopic (exact) mass is 1950 g/mol. The van der Waals surface area contributed by atoms with E-state index >= 15 is 0 Å². The number of para-hydroxylation sites is 6. The van der Waals surface area contributed by atoms with Crippen LogP contribution in [0.2, 0.25) is 0 Å². The van der Waals surface area contributed by atoms with Crippen LogP contribution in [0.4, 0.5) is 51.2 Å². The van der Waals surface area contributed by atoms with Gasteiger partial charge in [0.25, 0.3) is 0 Å². The summed E-state index contributed by atoms with van der Waals surface area (Å²) in [7, 11) is 0. The second-order valence-electron chi connectivity index (χ2n) is 34.8. The number of hydrogen-bond acceptors (Lipinski definition) is 3. The molecule has 27 rings (SSSR count). The van der Waals surface area contributed by atoms with E-state index in [-0.39, 0.29) is 0 Å². The maximum atomic E-state index is 2.74. The quantitative estimate of drug-likeness (QED) is 0.0956. The summed E-state index contributed by atoms with van der Waals surface area (Å²) in [5.41, 5.74) is 28.2. The Morgan fingerprint density at radius 3 is 0.956 bits per heavy atom. The Kier molecular flexibility index (Phi) is 21.5. The third-order valence-corrected chi connectivity index (χ3v) is 32.5. The molecular weight excluding hydrogens is 1860 g/mol. The van der Waals surface area contributed by atoms with Gasteiger partial charge in [-0.3, -0.25) is 0 Å². The van der Waals surface area contributed by atoms with Crippen molar-refractivity contribution in [2.75, 3.05) is 14.7 Å². The summed E-state index contributed by atoms with van der Waals surface area (Å²) in [5, 5.41) is 17.9. The molecule has 137 heavy (non-hydrogen) atoms. The first-order valence-corrected chi connectivity index (χ1v) is 50.8. The summed E-state index contributed by atoms with van der Waals surface area (Å²) in [5.74, 6) is 0. The summed E-state index contributed by atoms with van der Waals surface area (Å²) >= 11 is 3.40. The molecule has 0 saturated carbocycles. The first-order valence-electron chi connectivity index (χ1n) is 46.5. The number of fused-ring (bicyclic) bond motifs is 17. The van der Waals surface area contributed by atoms with Gasteiger partial charge in [0.15, 0.2) is 0 Å². The van der Waals surface area contributed by atoms with Gasteiger partial charge in [0.2, 0.25) is 0 Å². The SMILES string of the molecule is [SeH]c1ccc(N(c2ccc3c4ccccc4n(-c4ccccc4)c3c2)c2cccc3ccccc23)cc1-c1ccccc1.c1ccc(-c2ccc(-c3ccc(N(c4ccc5[se]c6ccccc6c5c4)c4ccc5c6ccccc6n(-c6ccccc6)c5c4)cc3)cc2)cc1.c1ccc(-n2c3ccccc3c3ccc(N(c4ccc5ccccc5c4)c4ccc5[se]c6ccccc6c5c4)cc32)cc1. The fourth-order valence-corrected chi connectivity index (χ4v) is 25.5. The Morgan fingerprint density at radius 1 is 0.168 bits per heavy atom. The van der Waals surface area contributed by atoms with Crippen LogP contribution in [-0.4, -0.2) is 58.7 Å². The summed E-state index contributed by atoms with van der Waals surface area (Å²) in [6.45, 7) is 0. The maximum absolute atomic E-state index is 2.74. The van der Waals surface area contributed by atoms with Crippen LogP contribution in [0.1, 0.15) is 0 Å². The van der Waals surface area contributed by atoms with Crippen LogP contribution in [0.25, 0.3) is 176 Å². The molecule has 0 radical (unpaired) electrons. The van der Waals surface area contributed by atoms with E-state index < -0.39 is 0 Å². The molecule has 0 fully saturated rings. The predicted molar refractivity (Wildman–Crippen MR) is 588 cm³/mol. The second kappa shape index (κ2) is 35.6. The molecule has 0 spiro atoms. The molecule has 0 aliphatic rings. The van der Waals surface area contributed by atoms with Crippen LogP contribution in [-0.2, 0) is 0 Å². The minimum atomic E-state index is 0.322. The molecule has 27 aromatic rings. The molecule has 0 saturated heterocycles. The molecule has 0 aliphatic heterocycles. The van der Waals surface area contributed by atoms with Gasteiger partial charge < -0.3 is 0 Å². The van der Waals surface area contributed by atoms with E-state index in [1.807, 2.05) is 0 Å². The molecule has 0 N–H and O–H groups in total. The van der Waals surface area contributed by atoms with Gasteiger partial charge >= 0.3 is 761 Å². The van der Waals surface area contributed by atoms with Crippen molar-refractivity contribution in [3.63, 3.8) is 0 Å². The van der Waals surface area contributed by atoms with Crippen molar-refractivity contribution < 1.29 is 0 Å². The van der Waals surface area contributed by atoms with Gasteiger partial charge in [0.1, 0.15) is 0 Å². The molecule has 0 atom stereocenters. The van der Waals surface area contributed by atoms with Crippen LogP contribution in [0.5, 0.6) is 0 Å². The summed E-state index contributed by atoms with van der Waals surface area (Å²) < 4.78 is 14.2. The molecule has 9 heteroatoms. The van der Waals surface area contributed by atoms with Gasteiger partial charge in [-0.15, -0.1) is 0 Å². The van der Waals surface area contributed by atoms with Gasteiger partial charge in [0, 0.05) is 0 Å². The first kappa shape index (κ1) is 82.6.